The molecule has 1 aliphatic rings. The molecule has 0 radical (unpaired) electrons. The Bertz CT molecular complexity index is 1770. The number of aliphatic hydroxyl groups excluding tert-OH is 1. The minimum absolute atomic E-state index is 0.0272. The van der Waals surface area contributed by atoms with Gasteiger partial charge in [0.05, 0.1) is 5.39 Å². The summed E-state index contributed by atoms with van der Waals surface area (Å²) in [5.41, 5.74) is 16.2. The van der Waals surface area contributed by atoms with Crippen LogP contribution in [0.2, 0.25) is 0 Å². The first-order valence-corrected chi connectivity index (χ1v) is 13.1. The van der Waals surface area contributed by atoms with Crippen molar-refractivity contribution >= 4 is 28.4 Å². The molecule has 0 spiro atoms. The molecule has 0 atom stereocenters. The first kappa shape index (κ1) is 25.5. The van der Waals surface area contributed by atoms with Crippen molar-refractivity contribution in [1.29, 1.82) is 0 Å². The van der Waals surface area contributed by atoms with Crippen molar-refractivity contribution in [2.75, 3.05) is 17.7 Å². The third kappa shape index (κ3) is 4.53. The molecule has 6 rings (SSSR count). The number of rotatable bonds is 7. The quantitative estimate of drug-likeness (QED) is 0.249. The molecule has 6 N–H and O–H groups in total. The number of benzene rings is 2. The largest absolute Gasteiger partial charge is 0.396 e. The maximum absolute atomic E-state index is 13.2. The second-order valence-electron chi connectivity index (χ2n) is 10.1. The summed E-state index contributed by atoms with van der Waals surface area (Å²) >= 11 is 0. The third-order valence-electron chi connectivity index (χ3n) is 7.57. The Hall–Kier alpha value is -4.80. The molecule has 0 aliphatic heterocycles. The van der Waals surface area contributed by atoms with Crippen molar-refractivity contribution in [1.82, 2.24) is 19.1 Å². The van der Waals surface area contributed by atoms with Crippen LogP contribution in [0, 0.1) is 5.92 Å². The molecule has 1 fully saturated rings. The lowest BCUT2D eigenvalue weighted by Crippen LogP contribution is -2.28. The normalized spacial score (nSPS) is 16.6. The zero-order chi connectivity index (χ0) is 27.8. The van der Waals surface area contributed by atoms with Crippen LogP contribution in [0.25, 0.3) is 27.8 Å². The average molecular weight is 536 g/mol. The zero-order valence-corrected chi connectivity index (χ0v) is 21.7. The number of fused-ring (bicyclic) bond motifs is 1. The number of pyridine rings is 1. The molecule has 40 heavy (non-hydrogen) atoms. The fourth-order valence-corrected chi connectivity index (χ4v) is 5.32. The Morgan fingerprint density at radius 2 is 1.88 bits per heavy atom. The molecule has 1 amide bonds. The average Bonchev–Trinajstić information content (AvgIpc) is 3.33. The second-order valence-corrected chi connectivity index (χ2v) is 10.1. The van der Waals surface area contributed by atoms with E-state index in [-0.39, 0.29) is 18.2 Å². The van der Waals surface area contributed by atoms with Crippen LogP contribution >= 0.6 is 0 Å². The number of nitrogen functional groups attached to an aromatic ring is 1. The van der Waals surface area contributed by atoms with Gasteiger partial charge in [0.1, 0.15) is 23.4 Å². The van der Waals surface area contributed by atoms with Crippen LogP contribution in [-0.4, -0.2) is 36.7 Å². The van der Waals surface area contributed by atoms with Gasteiger partial charge in [0.15, 0.2) is 0 Å². The van der Waals surface area contributed by atoms with E-state index in [0.29, 0.717) is 29.7 Å². The highest BCUT2D eigenvalue weighted by molar-refractivity contribution is 6.04. The van der Waals surface area contributed by atoms with Crippen LogP contribution < -0.4 is 22.3 Å². The van der Waals surface area contributed by atoms with Gasteiger partial charge in [0, 0.05) is 48.5 Å². The van der Waals surface area contributed by atoms with E-state index < -0.39 is 11.5 Å². The summed E-state index contributed by atoms with van der Waals surface area (Å²) in [4.78, 5) is 34.9. The summed E-state index contributed by atoms with van der Waals surface area (Å²) in [7, 11) is 0. The number of hydrogen-bond donors (Lipinski definition) is 4. The van der Waals surface area contributed by atoms with Crippen LogP contribution in [0.3, 0.4) is 0 Å². The first-order chi connectivity index (χ1) is 19.5. The molecule has 3 heterocycles. The molecule has 1 saturated carbocycles. The molecule has 2 aromatic carbocycles. The van der Waals surface area contributed by atoms with Gasteiger partial charge < -0.3 is 26.5 Å². The number of hydrogen-bond acceptors (Lipinski definition) is 7. The van der Waals surface area contributed by atoms with Gasteiger partial charge in [-0.25, -0.2) is 9.97 Å². The first-order valence-electron chi connectivity index (χ1n) is 13.1. The minimum Gasteiger partial charge on any atom is -0.396 e. The van der Waals surface area contributed by atoms with Gasteiger partial charge in [-0.3, -0.25) is 14.2 Å². The van der Waals surface area contributed by atoms with E-state index in [1.165, 1.54) is 17.0 Å². The van der Waals surface area contributed by atoms with E-state index in [1.54, 1.807) is 30.5 Å². The molecular formula is C30H29N7O3. The summed E-state index contributed by atoms with van der Waals surface area (Å²) in [6.45, 7) is 0.537. The lowest BCUT2D eigenvalue weighted by atomic mass is 9.81. The van der Waals surface area contributed by atoms with Crippen molar-refractivity contribution < 1.29 is 9.90 Å². The van der Waals surface area contributed by atoms with Crippen LogP contribution in [0.1, 0.15) is 34.8 Å². The van der Waals surface area contributed by atoms with Crippen molar-refractivity contribution in [3.05, 3.63) is 101 Å². The van der Waals surface area contributed by atoms with Gasteiger partial charge in [-0.2, -0.15) is 0 Å². The molecule has 202 valence electrons. The SMILES string of the molecule is NCc1cccc(-n2cccc(C(=O)Nc3ccc(-c4cn(C5CC(CO)C5)c5ncnc(N)c45)cc3)c2=O)c1. The molecule has 0 saturated heterocycles. The molecule has 1 aliphatic carbocycles. The lowest BCUT2D eigenvalue weighted by molar-refractivity contribution is 0.102. The number of anilines is 2. The summed E-state index contributed by atoms with van der Waals surface area (Å²) in [5, 5.41) is 13.0. The van der Waals surface area contributed by atoms with E-state index >= 15 is 0 Å². The predicted octanol–water partition coefficient (Wildman–Crippen LogP) is 3.49. The Balaban J connectivity index is 1.26. The van der Waals surface area contributed by atoms with Crippen LogP contribution in [-0.2, 0) is 6.54 Å². The summed E-state index contributed by atoms with van der Waals surface area (Å²) in [6, 6.07) is 18.1. The van der Waals surface area contributed by atoms with Crippen molar-refractivity contribution in [3.8, 4) is 16.8 Å². The van der Waals surface area contributed by atoms with Crippen LogP contribution in [0.4, 0.5) is 11.5 Å². The number of aliphatic hydroxyl groups is 1. The second kappa shape index (κ2) is 10.4. The fraction of sp³-hybridized carbons (Fsp3) is 0.200. The number of nitrogens with two attached hydrogens (primary N) is 2. The highest BCUT2D eigenvalue weighted by Gasteiger charge is 2.32. The molecular weight excluding hydrogens is 506 g/mol. The fourth-order valence-electron chi connectivity index (χ4n) is 5.32. The summed E-state index contributed by atoms with van der Waals surface area (Å²) < 4.78 is 3.55. The number of nitrogens with one attached hydrogen (secondary N) is 1. The monoisotopic (exact) mass is 535 g/mol. The van der Waals surface area contributed by atoms with E-state index in [0.717, 1.165) is 40.6 Å². The molecule has 0 unspecified atom stereocenters. The van der Waals surface area contributed by atoms with Gasteiger partial charge in [-0.05, 0) is 66.3 Å². The standard InChI is InChI=1S/C30H29N7O3/c31-14-18-3-1-4-22(11-18)36-10-2-5-24(30(36)40)29(39)35-21-8-6-20(7-9-21)25-15-37(23-12-19(13-23)16-38)28-26(25)27(32)33-17-34-28/h1-11,15,17,19,23,38H,12-14,16,31H2,(H,35,39)(H2,32,33,34). The van der Waals surface area contributed by atoms with Gasteiger partial charge in [0.25, 0.3) is 11.5 Å². The maximum Gasteiger partial charge on any atom is 0.267 e. The number of carbonyl (C=O) groups is 1. The highest BCUT2D eigenvalue weighted by atomic mass is 16.3. The van der Waals surface area contributed by atoms with Gasteiger partial charge in [-0.15, -0.1) is 0 Å². The number of carbonyl (C=O) groups excluding carboxylic acids is 1. The molecule has 10 heteroatoms. The third-order valence-corrected chi connectivity index (χ3v) is 7.57. The van der Waals surface area contributed by atoms with Gasteiger partial charge >= 0.3 is 0 Å². The van der Waals surface area contributed by atoms with E-state index in [9.17, 15) is 14.7 Å². The van der Waals surface area contributed by atoms with E-state index in [4.69, 9.17) is 11.5 Å². The van der Waals surface area contributed by atoms with Crippen molar-refractivity contribution in [2.24, 2.45) is 11.7 Å². The Kier molecular flexibility index (Phi) is 6.63. The smallest absolute Gasteiger partial charge is 0.267 e. The van der Waals surface area contributed by atoms with Crippen LogP contribution in [0.5, 0.6) is 0 Å². The highest BCUT2D eigenvalue weighted by Crippen LogP contribution is 2.42. The lowest BCUT2D eigenvalue weighted by Gasteiger charge is -2.35. The van der Waals surface area contributed by atoms with E-state index in [1.807, 2.05) is 36.5 Å². The van der Waals surface area contributed by atoms with Crippen molar-refractivity contribution in [3.63, 3.8) is 0 Å². The van der Waals surface area contributed by atoms with Gasteiger partial charge in [0.2, 0.25) is 0 Å². The van der Waals surface area contributed by atoms with Crippen molar-refractivity contribution in [2.45, 2.75) is 25.4 Å². The molecule has 10 nitrogen and oxygen atoms in total. The Morgan fingerprint density at radius 1 is 1.07 bits per heavy atom. The predicted molar refractivity (Wildman–Crippen MR) is 154 cm³/mol. The maximum atomic E-state index is 13.2. The Labute approximate surface area is 229 Å². The number of amides is 1. The zero-order valence-electron chi connectivity index (χ0n) is 21.7. The topological polar surface area (TPSA) is 154 Å². The molecule has 5 aromatic rings. The van der Waals surface area contributed by atoms with Gasteiger partial charge in [-0.1, -0.05) is 24.3 Å². The number of nitrogens with zero attached hydrogens (tertiary/aromatic N) is 4. The molecule has 3 aromatic heterocycles. The summed E-state index contributed by atoms with van der Waals surface area (Å²) in [6.07, 6.45) is 6.89. The Morgan fingerprint density at radius 3 is 2.62 bits per heavy atom. The number of aromatic nitrogens is 4. The summed E-state index contributed by atoms with van der Waals surface area (Å²) in [5.74, 6) is 0.198. The van der Waals surface area contributed by atoms with E-state index in [2.05, 4.69) is 19.9 Å². The van der Waals surface area contributed by atoms with Crippen LogP contribution in [0.15, 0.2) is 84.2 Å². The minimum atomic E-state index is -0.500. The molecule has 0 bridgehead atoms.